The summed E-state index contributed by atoms with van der Waals surface area (Å²) in [5, 5.41) is 0. The zero-order valence-electron chi connectivity index (χ0n) is 21.5. The molecule has 2 saturated heterocycles. The van der Waals surface area contributed by atoms with E-state index in [1.54, 1.807) is 24.3 Å². The van der Waals surface area contributed by atoms with Crippen molar-refractivity contribution in [1.82, 2.24) is 0 Å². The van der Waals surface area contributed by atoms with E-state index in [9.17, 15) is 14.4 Å². The molecule has 6 nitrogen and oxygen atoms in total. The first kappa shape index (κ1) is 24.1. The fraction of sp³-hybridized carbons (Fsp3) is 0.147. The fourth-order valence-corrected chi connectivity index (χ4v) is 6.39. The molecule has 3 aliphatic rings. The molecule has 0 bridgehead atoms. The third-order valence-corrected chi connectivity index (χ3v) is 8.11. The molecule has 7 rings (SSSR count). The molecule has 3 heterocycles. The number of anilines is 2. The predicted molar refractivity (Wildman–Crippen MR) is 152 cm³/mol. The number of imide groups is 1. The molecule has 0 spiro atoms. The van der Waals surface area contributed by atoms with Gasteiger partial charge in [0, 0.05) is 5.69 Å². The standard InChI is InChI=1S/C34H26N2O4/c37-32-28-27-21-20-22-12-10-11-19-26(22)36(27)30(29(28)33(38)35(32)25-17-8-3-9-18-25)34(39)40-31(23-13-4-1-5-14-23)24-15-6-2-7-16-24/h1-21,27-31H/t27-,28-,29-,30+/m1/s1. The summed E-state index contributed by atoms with van der Waals surface area (Å²) in [5.41, 5.74) is 3.91. The summed E-state index contributed by atoms with van der Waals surface area (Å²) < 4.78 is 6.32. The van der Waals surface area contributed by atoms with Crippen LogP contribution in [0.4, 0.5) is 11.4 Å². The number of carbonyl (C=O) groups is 3. The summed E-state index contributed by atoms with van der Waals surface area (Å²) in [7, 11) is 0. The van der Waals surface area contributed by atoms with Gasteiger partial charge < -0.3 is 9.64 Å². The van der Waals surface area contributed by atoms with Gasteiger partial charge in [0.25, 0.3) is 0 Å². The summed E-state index contributed by atoms with van der Waals surface area (Å²) >= 11 is 0. The second kappa shape index (κ2) is 9.65. The molecule has 4 aromatic rings. The van der Waals surface area contributed by atoms with Gasteiger partial charge >= 0.3 is 5.97 Å². The molecule has 0 N–H and O–H groups in total. The molecule has 0 aliphatic carbocycles. The van der Waals surface area contributed by atoms with Crippen LogP contribution in [0.2, 0.25) is 0 Å². The summed E-state index contributed by atoms with van der Waals surface area (Å²) in [4.78, 5) is 45.4. The number of carbonyl (C=O) groups excluding carboxylic acids is 3. The normalized spacial score (nSPS) is 22.7. The van der Waals surface area contributed by atoms with Crippen LogP contribution >= 0.6 is 0 Å². The molecular weight excluding hydrogens is 500 g/mol. The molecule has 0 saturated carbocycles. The van der Waals surface area contributed by atoms with Crippen molar-refractivity contribution < 1.29 is 19.1 Å². The van der Waals surface area contributed by atoms with Crippen LogP contribution in [0.15, 0.2) is 121 Å². The highest BCUT2D eigenvalue weighted by Crippen LogP contribution is 2.49. The minimum atomic E-state index is -0.971. The van der Waals surface area contributed by atoms with E-state index in [2.05, 4.69) is 0 Å². The van der Waals surface area contributed by atoms with Crippen molar-refractivity contribution in [3.8, 4) is 0 Å². The van der Waals surface area contributed by atoms with E-state index in [-0.39, 0.29) is 11.8 Å². The molecule has 2 amide bonds. The van der Waals surface area contributed by atoms with Gasteiger partial charge in [-0.3, -0.25) is 9.59 Å². The lowest BCUT2D eigenvalue weighted by atomic mass is 9.88. The largest absolute Gasteiger partial charge is 0.451 e. The molecule has 6 heteroatoms. The van der Waals surface area contributed by atoms with E-state index in [1.807, 2.05) is 108 Å². The van der Waals surface area contributed by atoms with Gasteiger partial charge in [-0.2, -0.15) is 0 Å². The summed E-state index contributed by atoms with van der Waals surface area (Å²) in [6.45, 7) is 0. The quantitative estimate of drug-likeness (QED) is 0.257. The van der Waals surface area contributed by atoms with Crippen LogP contribution in [0.1, 0.15) is 22.8 Å². The van der Waals surface area contributed by atoms with Gasteiger partial charge in [0.2, 0.25) is 11.8 Å². The van der Waals surface area contributed by atoms with Crippen molar-refractivity contribution in [2.45, 2.75) is 18.2 Å². The maximum atomic E-state index is 14.3. The SMILES string of the molecule is O=C(OC(c1ccccc1)c1ccccc1)[C@@H]1[C@@H]2C(=O)N(c3ccccc3)C(=O)[C@@H]2[C@H]2C=Cc3ccccc3N21. The topological polar surface area (TPSA) is 66.9 Å². The van der Waals surface area contributed by atoms with Crippen LogP contribution in [0.25, 0.3) is 6.08 Å². The number of esters is 1. The lowest BCUT2D eigenvalue weighted by Gasteiger charge is -2.36. The average Bonchev–Trinajstić information content (AvgIpc) is 3.49. The number of rotatable bonds is 5. The number of benzene rings is 4. The number of ether oxygens (including phenoxy) is 1. The number of fused-ring (bicyclic) bond motifs is 5. The molecule has 0 unspecified atom stereocenters. The van der Waals surface area contributed by atoms with Crippen molar-refractivity contribution >= 4 is 35.2 Å². The van der Waals surface area contributed by atoms with Gasteiger partial charge in [0.15, 0.2) is 6.10 Å². The maximum Gasteiger partial charge on any atom is 0.330 e. The van der Waals surface area contributed by atoms with Crippen molar-refractivity contribution in [2.24, 2.45) is 11.8 Å². The highest BCUT2D eigenvalue weighted by molar-refractivity contribution is 6.24. The number of amides is 2. The van der Waals surface area contributed by atoms with Crippen molar-refractivity contribution in [1.29, 1.82) is 0 Å². The Morgan fingerprint density at radius 2 is 1.23 bits per heavy atom. The third-order valence-electron chi connectivity index (χ3n) is 8.11. The van der Waals surface area contributed by atoms with E-state index < -0.39 is 36.0 Å². The number of hydrogen-bond donors (Lipinski definition) is 0. The van der Waals surface area contributed by atoms with Gasteiger partial charge in [0.05, 0.1) is 23.6 Å². The Hall–Kier alpha value is -4.97. The Bertz CT molecular complexity index is 1580. The molecule has 4 aromatic carbocycles. The van der Waals surface area contributed by atoms with E-state index >= 15 is 0 Å². The maximum absolute atomic E-state index is 14.3. The summed E-state index contributed by atoms with van der Waals surface area (Å²) in [6, 6.07) is 34.4. The number of nitrogens with zero attached hydrogens (tertiary/aromatic N) is 2. The lowest BCUT2D eigenvalue weighted by molar-refractivity contribution is -0.151. The van der Waals surface area contributed by atoms with Crippen LogP contribution in [0.3, 0.4) is 0 Å². The minimum Gasteiger partial charge on any atom is -0.451 e. The molecule has 0 aromatic heterocycles. The van der Waals surface area contributed by atoms with Crippen molar-refractivity contribution in [3.05, 3.63) is 138 Å². The fourth-order valence-electron chi connectivity index (χ4n) is 6.39. The van der Waals surface area contributed by atoms with Gasteiger partial charge in [-0.05, 0) is 34.9 Å². The van der Waals surface area contributed by atoms with Crippen molar-refractivity contribution in [3.63, 3.8) is 0 Å². The lowest BCUT2D eigenvalue weighted by Crippen LogP contribution is -2.49. The number of para-hydroxylation sites is 2. The van der Waals surface area contributed by atoms with Gasteiger partial charge in [0.1, 0.15) is 6.04 Å². The van der Waals surface area contributed by atoms with Crippen molar-refractivity contribution in [2.75, 3.05) is 9.80 Å². The Balaban J connectivity index is 1.32. The molecule has 3 aliphatic heterocycles. The number of hydrogen-bond acceptors (Lipinski definition) is 5. The second-order valence-electron chi connectivity index (χ2n) is 10.3. The zero-order chi connectivity index (χ0) is 27.2. The van der Waals surface area contributed by atoms with E-state index in [0.29, 0.717) is 5.69 Å². The van der Waals surface area contributed by atoms with Crippen LogP contribution in [0.5, 0.6) is 0 Å². The van der Waals surface area contributed by atoms with Gasteiger partial charge in [-0.15, -0.1) is 0 Å². The minimum absolute atomic E-state index is 0.293. The molecular formula is C34H26N2O4. The van der Waals surface area contributed by atoms with Crippen LogP contribution in [-0.4, -0.2) is 29.9 Å². The highest BCUT2D eigenvalue weighted by atomic mass is 16.5. The first-order valence-corrected chi connectivity index (χ1v) is 13.4. The van der Waals surface area contributed by atoms with Crippen LogP contribution < -0.4 is 9.80 Å². The van der Waals surface area contributed by atoms with Gasteiger partial charge in [-0.1, -0.05) is 109 Å². The Morgan fingerprint density at radius 3 is 1.88 bits per heavy atom. The Kier molecular flexibility index (Phi) is 5.81. The van der Waals surface area contributed by atoms with Crippen LogP contribution in [0, 0.1) is 11.8 Å². The Labute approximate surface area is 232 Å². The average molecular weight is 527 g/mol. The second-order valence-corrected chi connectivity index (χ2v) is 10.3. The first-order chi connectivity index (χ1) is 19.6. The Morgan fingerprint density at radius 1 is 0.675 bits per heavy atom. The van der Waals surface area contributed by atoms with E-state index in [0.717, 1.165) is 22.4 Å². The van der Waals surface area contributed by atoms with Crippen LogP contribution in [-0.2, 0) is 19.1 Å². The first-order valence-electron chi connectivity index (χ1n) is 13.4. The molecule has 2 fully saturated rings. The third kappa shape index (κ3) is 3.75. The zero-order valence-corrected chi connectivity index (χ0v) is 21.5. The highest BCUT2D eigenvalue weighted by Gasteiger charge is 2.65. The molecule has 196 valence electrons. The summed E-state index contributed by atoms with van der Waals surface area (Å²) in [5.74, 6) is -2.79. The van der Waals surface area contributed by atoms with Gasteiger partial charge in [-0.25, -0.2) is 9.69 Å². The van der Waals surface area contributed by atoms with E-state index in [1.165, 1.54) is 4.90 Å². The predicted octanol–water partition coefficient (Wildman–Crippen LogP) is 5.41. The van der Waals surface area contributed by atoms with E-state index in [4.69, 9.17) is 4.74 Å². The monoisotopic (exact) mass is 526 g/mol. The molecule has 4 atom stereocenters. The molecule has 0 radical (unpaired) electrons. The summed E-state index contributed by atoms with van der Waals surface area (Å²) in [6.07, 6.45) is 3.25. The molecule has 40 heavy (non-hydrogen) atoms. The smallest absolute Gasteiger partial charge is 0.330 e.